The molecule has 148 valence electrons. The molecule has 0 unspecified atom stereocenters. The predicted molar refractivity (Wildman–Crippen MR) is 98.6 cm³/mol. The van der Waals surface area contributed by atoms with Crippen molar-refractivity contribution in [2.45, 2.75) is 6.18 Å². The second kappa shape index (κ2) is 8.11. The largest absolute Gasteiger partial charge is 0.416 e. The highest BCUT2D eigenvalue weighted by atomic mass is 32.1. The number of hydrogen-bond acceptors (Lipinski definition) is 6. The van der Waals surface area contributed by atoms with Crippen molar-refractivity contribution in [3.05, 3.63) is 58.6 Å². The molecule has 0 radical (unpaired) electrons. The highest BCUT2D eigenvalue weighted by Gasteiger charge is 2.31. The number of nitrogens with zero attached hydrogens (tertiary/aromatic N) is 3. The van der Waals surface area contributed by atoms with Crippen LogP contribution in [0.3, 0.4) is 0 Å². The molecule has 0 aliphatic carbocycles. The van der Waals surface area contributed by atoms with Gasteiger partial charge in [-0.25, -0.2) is 24.1 Å². The molecule has 0 fully saturated rings. The molecule has 2 amide bonds. The lowest BCUT2D eigenvalue weighted by atomic mass is 10.2. The summed E-state index contributed by atoms with van der Waals surface area (Å²) in [5, 5.41) is 4.44. The number of alkyl halides is 3. The summed E-state index contributed by atoms with van der Waals surface area (Å²) < 4.78 is 51.8. The Morgan fingerprint density at radius 1 is 1.07 bits per heavy atom. The monoisotopic (exact) mass is 422 g/mol. The second-order valence-electron chi connectivity index (χ2n) is 5.38. The molecule has 12 heteroatoms. The van der Waals surface area contributed by atoms with Gasteiger partial charge in [-0.2, -0.15) is 13.2 Å². The fraction of sp³-hybridized carbons (Fsp3) is 0.0588. The molecule has 2 aromatic heterocycles. The number of nitrogens with two attached hydrogens (primary N) is 1. The highest BCUT2D eigenvalue weighted by Crippen LogP contribution is 2.31. The Hall–Kier alpha value is -3.72. The minimum Gasteiger partial charge on any atom is -0.368 e. The zero-order valence-corrected chi connectivity index (χ0v) is 15.0. The first-order chi connectivity index (χ1) is 13.7. The maximum absolute atomic E-state index is 13.7. The number of carbonyl (C=O) groups excluding carboxylic acids is 1. The molecular weight excluding hydrogens is 412 g/mol. The van der Waals surface area contributed by atoms with Crippen molar-refractivity contribution in [3.8, 4) is 11.8 Å². The van der Waals surface area contributed by atoms with E-state index in [4.69, 9.17) is 5.73 Å². The van der Waals surface area contributed by atoms with Gasteiger partial charge in [-0.1, -0.05) is 17.3 Å². The Labute approximate surface area is 165 Å². The van der Waals surface area contributed by atoms with Crippen LogP contribution in [0.4, 0.5) is 39.1 Å². The number of aromatic nitrogens is 3. The predicted octanol–water partition coefficient (Wildman–Crippen LogP) is 3.72. The molecule has 0 saturated carbocycles. The summed E-state index contributed by atoms with van der Waals surface area (Å²) in [6.45, 7) is 0. The summed E-state index contributed by atoms with van der Waals surface area (Å²) in [7, 11) is 0. The van der Waals surface area contributed by atoms with Crippen LogP contribution < -0.4 is 16.4 Å². The lowest BCUT2D eigenvalue weighted by Crippen LogP contribution is -2.20. The van der Waals surface area contributed by atoms with Gasteiger partial charge in [0.2, 0.25) is 5.95 Å². The Morgan fingerprint density at radius 3 is 2.48 bits per heavy atom. The molecule has 2 heterocycles. The van der Waals surface area contributed by atoms with Crippen LogP contribution >= 0.6 is 11.3 Å². The lowest BCUT2D eigenvalue weighted by Gasteiger charge is -2.11. The normalized spacial score (nSPS) is 10.8. The maximum atomic E-state index is 13.7. The SMILES string of the molecule is Nc1ncc(C#Cc2cnc(NC(=O)Nc3cc(C(F)(F)F)ccc3F)s2)cn1. The molecule has 0 aliphatic rings. The summed E-state index contributed by atoms with van der Waals surface area (Å²) in [6.07, 6.45) is -0.408. The Morgan fingerprint density at radius 2 is 1.79 bits per heavy atom. The Bertz CT molecular complexity index is 1100. The van der Waals surface area contributed by atoms with Crippen molar-refractivity contribution in [2.24, 2.45) is 0 Å². The van der Waals surface area contributed by atoms with E-state index in [2.05, 4.69) is 32.1 Å². The van der Waals surface area contributed by atoms with E-state index in [-0.39, 0.29) is 11.1 Å². The number of nitrogens with one attached hydrogen (secondary N) is 2. The van der Waals surface area contributed by atoms with Crippen molar-refractivity contribution in [3.63, 3.8) is 0 Å². The molecule has 4 N–H and O–H groups in total. The number of thiazole rings is 1. The number of urea groups is 1. The van der Waals surface area contributed by atoms with E-state index >= 15 is 0 Å². The first-order valence-electron chi connectivity index (χ1n) is 7.71. The van der Waals surface area contributed by atoms with E-state index < -0.39 is 29.3 Å². The quantitative estimate of drug-likeness (QED) is 0.431. The van der Waals surface area contributed by atoms with Crippen LogP contribution in [0, 0.1) is 17.7 Å². The molecule has 3 rings (SSSR count). The van der Waals surface area contributed by atoms with Gasteiger partial charge in [0.1, 0.15) is 5.82 Å². The highest BCUT2D eigenvalue weighted by molar-refractivity contribution is 7.16. The van der Waals surface area contributed by atoms with Gasteiger partial charge in [0.05, 0.1) is 27.9 Å². The topological polar surface area (TPSA) is 106 Å². The van der Waals surface area contributed by atoms with Crippen molar-refractivity contribution >= 4 is 34.1 Å². The molecule has 0 bridgehead atoms. The molecule has 0 aliphatic heterocycles. The van der Waals surface area contributed by atoms with Crippen molar-refractivity contribution in [2.75, 3.05) is 16.4 Å². The van der Waals surface area contributed by atoms with E-state index in [0.29, 0.717) is 28.6 Å². The molecule has 3 aromatic rings. The van der Waals surface area contributed by atoms with Crippen LogP contribution in [-0.4, -0.2) is 21.0 Å². The number of nitrogen functional groups attached to an aromatic ring is 1. The fourth-order valence-electron chi connectivity index (χ4n) is 1.97. The van der Waals surface area contributed by atoms with Crippen LogP contribution in [0.25, 0.3) is 0 Å². The van der Waals surface area contributed by atoms with Crippen LogP contribution in [0.1, 0.15) is 16.0 Å². The molecular formula is C17H10F4N6OS. The average molecular weight is 422 g/mol. The Balaban J connectivity index is 1.66. The maximum Gasteiger partial charge on any atom is 0.416 e. The van der Waals surface area contributed by atoms with Gasteiger partial charge in [0, 0.05) is 12.4 Å². The minimum absolute atomic E-state index is 0.114. The summed E-state index contributed by atoms with van der Waals surface area (Å²) >= 11 is 1.01. The van der Waals surface area contributed by atoms with Crippen LogP contribution in [0.15, 0.2) is 36.8 Å². The lowest BCUT2D eigenvalue weighted by molar-refractivity contribution is -0.137. The molecule has 7 nitrogen and oxygen atoms in total. The van der Waals surface area contributed by atoms with Gasteiger partial charge < -0.3 is 11.1 Å². The van der Waals surface area contributed by atoms with E-state index in [1.165, 1.54) is 18.6 Å². The van der Waals surface area contributed by atoms with Gasteiger partial charge in [0.25, 0.3) is 0 Å². The number of carbonyl (C=O) groups is 1. The number of hydrogen-bond donors (Lipinski definition) is 3. The standard InChI is InChI=1S/C17H10F4N6OS/c18-12-4-2-10(17(19,20)21)5-13(12)26-15(28)27-16-25-8-11(29-16)3-1-9-6-23-14(22)24-7-9/h2,4-8H,(H2,22,23,24)(H2,25,26,27,28). The van der Waals surface area contributed by atoms with Gasteiger partial charge in [-0.3, -0.25) is 5.32 Å². The van der Waals surface area contributed by atoms with Crippen LogP contribution in [0.2, 0.25) is 0 Å². The average Bonchev–Trinajstić information content (AvgIpc) is 3.09. The summed E-state index contributed by atoms with van der Waals surface area (Å²) in [5.74, 6) is 4.67. The van der Waals surface area contributed by atoms with E-state index in [9.17, 15) is 22.4 Å². The summed E-state index contributed by atoms with van der Waals surface area (Å²) in [4.78, 5) is 23.9. The number of rotatable bonds is 2. The summed E-state index contributed by atoms with van der Waals surface area (Å²) in [6, 6.07) is 0.749. The number of anilines is 3. The number of benzene rings is 1. The van der Waals surface area contributed by atoms with Gasteiger partial charge in [-0.15, -0.1) is 0 Å². The van der Waals surface area contributed by atoms with E-state index in [0.717, 1.165) is 11.3 Å². The first kappa shape index (κ1) is 20.0. The first-order valence-corrected chi connectivity index (χ1v) is 8.52. The van der Waals surface area contributed by atoms with Gasteiger partial charge in [-0.05, 0) is 24.1 Å². The van der Waals surface area contributed by atoms with Crippen LogP contribution in [-0.2, 0) is 6.18 Å². The molecule has 0 saturated heterocycles. The van der Waals surface area contributed by atoms with Gasteiger partial charge in [0.15, 0.2) is 5.13 Å². The van der Waals surface area contributed by atoms with Gasteiger partial charge >= 0.3 is 12.2 Å². The van der Waals surface area contributed by atoms with E-state index in [1.54, 1.807) is 0 Å². The van der Waals surface area contributed by atoms with Crippen LogP contribution in [0.5, 0.6) is 0 Å². The molecule has 1 aromatic carbocycles. The third-order valence-corrected chi connectivity index (χ3v) is 4.10. The number of amides is 2. The zero-order valence-electron chi connectivity index (χ0n) is 14.2. The molecule has 0 atom stereocenters. The van der Waals surface area contributed by atoms with E-state index in [1.807, 2.05) is 5.32 Å². The van der Waals surface area contributed by atoms with Crippen molar-refractivity contribution < 1.29 is 22.4 Å². The molecule has 0 spiro atoms. The Kier molecular flexibility index (Phi) is 5.60. The smallest absolute Gasteiger partial charge is 0.368 e. The summed E-state index contributed by atoms with van der Waals surface area (Å²) in [5.41, 5.74) is 4.18. The van der Waals surface area contributed by atoms with Crippen molar-refractivity contribution in [1.82, 2.24) is 15.0 Å². The third-order valence-electron chi connectivity index (χ3n) is 3.27. The zero-order chi connectivity index (χ0) is 21.0. The minimum atomic E-state index is -4.67. The van der Waals surface area contributed by atoms with Crippen molar-refractivity contribution in [1.29, 1.82) is 0 Å². The third kappa shape index (κ3) is 5.39. The second-order valence-corrected chi connectivity index (χ2v) is 6.41. The number of halogens is 4. The fourth-order valence-corrected chi connectivity index (χ4v) is 2.64. The molecule has 29 heavy (non-hydrogen) atoms.